The lowest BCUT2D eigenvalue weighted by atomic mass is 9.93. The van der Waals surface area contributed by atoms with Crippen LogP contribution in [0.25, 0.3) is 60.1 Å². The molecule has 3 aromatic heterocycles. The highest BCUT2D eigenvalue weighted by molar-refractivity contribution is 6.34. The molecule has 0 saturated heterocycles. The monoisotopic (exact) mass is 408 g/mol. The third-order valence-electron chi connectivity index (χ3n) is 6.69. The fourth-order valence-corrected chi connectivity index (χ4v) is 5.42. The number of rotatable bonds is 1. The van der Waals surface area contributed by atoms with Gasteiger partial charge in [-0.2, -0.15) is 0 Å². The normalized spacial score (nSPS) is 11.9. The van der Waals surface area contributed by atoms with Crippen LogP contribution in [0.3, 0.4) is 0 Å². The zero-order valence-corrected chi connectivity index (χ0v) is 17.7. The number of hydrogen-bond acceptors (Lipinski definition) is 1. The van der Waals surface area contributed by atoms with Crippen LogP contribution in [0.4, 0.5) is 0 Å². The molecule has 4 aromatic carbocycles. The maximum atomic E-state index is 4.94. The van der Waals surface area contributed by atoms with E-state index in [1.54, 1.807) is 0 Å². The van der Waals surface area contributed by atoms with Crippen molar-refractivity contribution in [1.82, 2.24) is 9.38 Å². The second-order valence-corrected chi connectivity index (χ2v) is 8.47. The van der Waals surface area contributed by atoms with Gasteiger partial charge in [-0.15, -0.1) is 0 Å². The number of benzene rings is 4. The van der Waals surface area contributed by atoms with Gasteiger partial charge in [-0.1, -0.05) is 78.9 Å². The van der Waals surface area contributed by atoms with Gasteiger partial charge in [0, 0.05) is 17.0 Å². The van der Waals surface area contributed by atoms with Gasteiger partial charge in [-0.05, 0) is 57.8 Å². The fraction of sp³-hybridized carbons (Fsp3) is 0.0333. The molecule has 0 fully saturated rings. The number of aromatic nitrogens is 2. The molecule has 0 unspecified atom stereocenters. The highest BCUT2D eigenvalue weighted by atomic mass is 14.9. The Balaban J connectivity index is 1.88. The van der Waals surface area contributed by atoms with Crippen molar-refractivity contribution in [2.45, 2.75) is 6.92 Å². The van der Waals surface area contributed by atoms with Crippen LogP contribution in [0.2, 0.25) is 0 Å². The summed E-state index contributed by atoms with van der Waals surface area (Å²) in [4.78, 5) is 4.94. The lowest BCUT2D eigenvalue weighted by Crippen LogP contribution is -1.96. The first-order valence-corrected chi connectivity index (χ1v) is 11.0. The molecule has 0 amide bonds. The molecular formula is C30H20N2. The zero-order chi connectivity index (χ0) is 21.2. The Bertz CT molecular complexity index is 1830. The van der Waals surface area contributed by atoms with E-state index < -0.39 is 0 Å². The highest BCUT2D eigenvalue weighted by Gasteiger charge is 2.20. The molecule has 0 saturated carbocycles. The van der Waals surface area contributed by atoms with Crippen LogP contribution in [0.1, 0.15) is 5.56 Å². The van der Waals surface area contributed by atoms with Crippen molar-refractivity contribution >= 4 is 48.9 Å². The standard InChI is InChI=1S/C30H20N2/c1-19-18-26(20-10-3-2-4-11-20)32-25-16-9-17-31-29(25)27-23-14-7-5-12-21(23)22-13-6-8-15-24(22)28(27)30(19)32/h2-18H,1H3. The van der Waals surface area contributed by atoms with Crippen molar-refractivity contribution in [2.75, 3.05) is 0 Å². The van der Waals surface area contributed by atoms with Gasteiger partial charge in [0.1, 0.15) is 0 Å². The summed E-state index contributed by atoms with van der Waals surface area (Å²) in [5.41, 5.74) is 7.15. The maximum absolute atomic E-state index is 4.94. The molecule has 7 aromatic rings. The summed E-state index contributed by atoms with van der Waals surface area (Å²) >= 11 is 0. The molecule has 2 nitrogen and oxygen atoms in total. The molecule has 32 heavy (non-hydrogen) atoms. The molecule has 0 radical (unpaired) electrons. The van der Waals surface area contributed by atoms with E-state index in [1.807, 2.05) is 12.3 Å². The molecule has 0 aliphatic rings. The second kappa shape index (κ2) is 6.41. The van der Waals surface area contributed by atoms with Crippen LogP contribution >= 0.6 is 0 Å². The Hall–Kier alpha value is -4.17. The van der Waals surface area contributed by atoms with E-state index in [2.05, 4.69) is 102 Å². The first-order chi connectivity index (χ1) is 15.8. The molecular weight excluding hydrogens is 388 g/mol. The van der Waals surface area contributed by atoms with Crippen molar-refractivity contribution in [3.8, 4) is 11.3 Å². The maximum Gasteiger partial charge on any atom is 0.0955 e. The number of hydrogen-bond donors (Lipinski definition) is 0. The molecule has 150 valence electrons. The van der Waals surface area contributed by atoms with Crippen molar-refractivity contribution in [2.24, 2.45) is 0 Å². The smallest absolute Gasteiger partial charge is 0.0955 e. The molecule has 2 heteroatoms. The van der Waals surface area contributed by atoms with Gasteiger partial charge >= 0.3 is 0 Å². The largest absolute Gasteiger partial charge is 0.307 e. The summed E-state index contributed by atoms with van der Waals surface area (Å²) in [5.74, 6) is 0. The topological polar surface area (TPSA) is 17.3 Å². The van der Waals surface area contributed by atoms with Gasteiger partial charge in [0.05, 0.1) is 22.2 Å². The minimum Gasteiger partial charge on any atom is -0.307 e. The van der Waals surface area contributed by atoms with Gasteiger partial charge in [0.15, 0.2) is 0 Å². The van der Waals surface area contributed by atoms with E-state index in [0.29, 0.717) is 0 Å². The molecule has 0 aliphatic heterocycles. The van der Waals surface area contributed by atoms with Gasteiger partial charge in [0.2, 0.25) is 0 Å². The predicted octanol–water partition coefficient (Wildman–Crippen LogP) is 7.92. The SMILES string of the molecule is Cc1cc(-c2ccccc2)n2c3cccnc3c3c4ccccc4c4ccccc4c3c12. The average molecular weight is 409 g/mol. The molecule has 0 spiro atoms. The summed E-state index contributed by atoms with van der Waals surface area (Å²) in [5, 5.41) is 7.62. The summed E-state index contributed by atoms with van der Waals surface area (Å²) in [6, 6.07) is 34.7. The van der Waals surface area contributed by atoms with Crippen LogP contribution in [0.5, 0.6) is 0 Å². The van der Waals surface area contributed by atoms with Crippen LogP contribution in [-0.2, 0) is 0 Å². The van der Waals surface area contributed by atoms with Gasteiger partial charge < -0.3 is 4.40 Å². The van der Waals surface area contributed by atoms with Gasteiger partial charge in [-0.25, -0.2) is 0 Å². The van der Waals surface area contributed by atoms with Crippen LogP contribution in [0.15, 0.2) is 103 Å². The van der Waals surface area contributed by atoms with Gasteiger partial charge in [0.25, 0.3) is 0 Å². The van der Waals surface area contributed by atoms with Crippen molar-refractivity contribution in [3.05, 3.63) is 109 Å². The van der Waals surface area contributed by atoms with Crippen LogP contribution in [0, 0.1) is 6.92 Å². The first-order valence-electron chi connectivity index (χ1n) is 11.0. The van der Waals surface area contributed by atoms with E-state index in [1.165, 1.54) is 54.7 Å². The molecule has 0 aliphatic carbocycles. The predicted molar refractivity (Wildman–Crippen MR) is 135 cm³/mol. The van der Waals surface area contributed by atoms with Crippen molar-refractivity contribution < 1.29 is 0 Å². The lowest BCUT2D eigenvalue weighted by Gasteiger charge is -2.16. The molecule has 0 atom stereocenters. The van der Waals surface area contributed by atoms with Crippen molar-refractivity contribution in [1.29, 1.82) is 0 Å². The summed E-state index contributed by atoms with van der Waals surface area (Å²) < 4.78 is 2.41. The average Bonchev–Trinajstić information content (AvgIpc) is 3.21. The summed E-state index contributed by atoms with van der Waals surface area (Å²) in [7, 11) is 0. The highest BCUT2D eigenvalue weighted by Crippen LogP contribution is 2.43. The quantitative estimate of drug-likeness (QED) is 0.252. The first kappa shape index (κ1) is 17.5. The summed E-state index contributed by atoms with van der Waals surface area (Å²) in [6.45, 7) is 2.23. The minimum atomic E-state index is 1.05. The second-order valence-electron chi connectivity index (χ2n) is 8.47. The third kappa shape index (κ3) is 2.21. The number of fused-ring (bicyclic) bond motifs is 11. The van der Waals surface area contributed by atoms with Crippen LogP contribution in [-0.4, -0.2) is 9.38 Å². The Kier molecular flexibility index (Phi) is 3.51. The molecule has 0 bridgehead atoms. The van der Waals surface area contributed by atoms with E-state index in [4.69, 9.17) is 4.98 Å². The third-order valence-corrected chi connectivity index (χ3v) is 6.69. The van der Waals surface area contributed by atoms with E-state index >= 15 is 0 Å². The Morgan fingerprint density at radius 1 is 0.625 bits per heavy atom. The van der Waals surface area contributed by atoms with E-state index in [-0.39, 0.29) is 0 Å². The molecule has 3 heterocycles. The minimum absolute atomic E-state index is 1.05. The van der Waals surface area contributed by atoms with Crippen molar-refractivity contribution in [3.63, 3.8) is 0 Å². The Labute approximate surface area is 185 Å². The number of nitrogens with zero attached hydrogens (tertiary/aromatic N) is 2. The Morgan fingerprint density at radius 2 is 1.25 bits per heavy atom. The van der Waals surface area contributed by atoms with Crippen LogP contribution < -0.4 is 0 Å². The number of aryl methyl sites for hydroxylation is 1. The van der Waals surface area contributed by atoms with Gasteiger partial charge in [-0.3, -0.25) is 4.98 Å². The molecule has 7 rings (SSSR count). The zero-order valence-electron chi connectivity index (χ0n) is 17.7. The fourth-order valence-electron chi connectivity index (χ4n) is 5.42. The lowest BCUT2D eigenvalue weighted by molar-refractivity contribution is 1.26. The number of pyridine rings is 2. The summed E-state index contributed by atoms with van der Waals surface area (Å²) in [6.07, 6.45) is 1.91. The Morgan fingerprint density at radius 3 is 1.97 bits per heavy atom. The van der Waals surface area contributed by atoms with E-state index in [0.717, 1.165) is 11.0 Å². The molecule has 0 N–H and O–H groups in total. The van der Waals surface area contributed by atoms with E-state index in [9.17, 15) is 0 Å².